The van der Waals surface area contributed by atoms with E-state index in [0.717, 1.165) is 0 Å². The van der Waals surface area contributed by atoms with E-state index in [1.807, 2.05) is 0 Å². The SMILES string of the molecule is CCN(CCCO)S(=O)(=O)c1c[nH]c2ncccc12. The molecular weight excluding hydrogens is 266 g/mol. The maximum absolute atomic E-state index is 12.5. The summed E-state index contributed by atoms with van der Waals surface area (Å²) in [7, 11) is -3.56. The molecule has 0 aliphatic heterocycles. The molecule has 104 valence electrons. The van der Waals surface area contributed by atoms with E-state index in [-0.39, 0.29) is 11.5 Å². The summed E-state index contributed by atoms with van der Waals surface area (Å²) in [5, 5.41) is 9.43. The highest BCUT2D eigenvalue weighted by molar-refractivity contribution is 7.89. The van der Waals surface area contributed by atoms with Gasteiger partial charge in [-0.25, -0.2) is 13.4 Å². The number of hydrogen-bond acceptors (Lipinski definition) is 4. The van der Waals surface area contributed by atoms with E-state index in [2.05, 4.69) is 9.97 Å². The highest BCUT2D eigenvalue weighted by Gasteiger charge is 2.25. The second kappa shape index (κ2) is 5.68. The number of nitrogens with one attached hydrogen (secondary N) is 1. The van der Waals surface area contributed by atoms with Crippen molar-refractivity contribution in [2.24, 2.45) is 0 Å². The average molecular weight is 283 g/mol. The summed E-state index contributed by atoms with van der Waals surface area (Å²) in [6.45, 7) is 2.43. The molecule has 0 saturated carbocycles. The molecule has 2 aromatic heterocycles. The van der Waals surface area contributed by atoms with Gasteiger partial charge in [0.15, 0.2) is 0 Å². The molecule has 0 spiro atoms. The highest BCUT2D eigenvalue weighted by Crippen LogP contribution is 2.24. The quantitative estimate of drug-likeness (QED) is 0.826. The topological polar surface area (TPSA) is 86.3 Å². The van der Waals surface area contributed by atoms with Gasteiger partial charge in [0, 0.05) is 37.5 Å². The minimum Gasteiger partial charge on any atom is -0.396 e. The van der Waals surface area contributed by atoms with Gasteiger partial charge in [0.1, 0.15) is 10.5 Å². The fourth-order valence-corrected chi connectivity index (χ4v) is 3.62. The number of fused-ring (bicyclic) bond motifs is 1. The summed E-state index contributed by atoms with van der Waals surface area (Å²) >= 11 is 0. The summed E-state index contributed by atoms with van der Waals surface area (Å²) in [6.07, 6.45) is 3.50. The molecule has 0 fully saturated rings. The van der Waals surface area contributed by atoms with Crippen LogP contribution in [0.4, 0.5) is 0 Å². The number of aliphatic hydroxyl groups excluding tert-OH is 1. The summed E-state index contributed by atoms with van der Waals surface area (Å²) in [4.78, 5) is 7.18. The lowest BCUT2D eigenvalue weighted by Gasteiger charge is -2.19. The van der Waals surface area contributed by atoms with Crippen LogP contribution in [0.3, 0.4) is 0 Å². The molecule has 0 aliphatic rings. The first kappa shape index (κ1) is 14.0. The van der Waals surface area contributed by atoms with Crippen LogP contribution in [0.5, 0.6) is 0 Å². The molecule has 0 unspecified atom stereocenters. The van der Waals surface area contributed by atoms with Gasteiger partial charge in [0.05, 0.1) is 0 Å². The Kier molecular flexibility index (Phi) is 4.18. The number of pyridine rings is 1. The predicted octanol–water partition coefficient (Wildman–Crippen LogP) is 0.956. The average Bonchev–Trinajstić information content (AvgIpc) is 2.84. The molecule has 0 saturated heterocycles. The van der Waals surface area contributed by atoms with Crippen molar-refractivity contribution in [3.8, 4) is 0 Å². The van der Waals surface area contributed by atoms with Gasteiger partial charge in [0.25, 0.3) is 0 Å². The van der Waals surface area contributed by atoms with E-state index in [1.165, 1.54) is 10.5 Å². The lowest BCUT2D eigenvalue weighted by molar-refractivity contribution is 0.271. The standard InChI is InChI=1S/C12H17N3O3S/c1-2-15(7-4-8-16)19(17,18)11-9-14-12-10(11)5-3-6-13-12/h3,5-6,9,16H,2,4,7-8H2,1H3,(H,13,14). The number of aromatic amines is 1. The number of sulfonamides is 1. The fourth-order valence-electron chi connectivity index (χ4n) is 1.98. The molecule has 7 heteroatoms. The maximum Gasteiger partial charge on any atom is 0.245 e. The molecule has 0 atom stereocenters. The summed E-state index contributed by atoms with van der Waals surface area (Å²) in [5.74, 6) is 0. The Morgan fingerprint density at radius 1 is 1.47 bits per heavy atom. The van der Waals surface area contributed by atoms with Crippen molar-refractivity contribution in [3.63, 3.8) is 0 Å². The first-order valence-corrected chi connectivity index (χ1v) is 7.58. The van der Waals surface area contributed by atoms with Gasteiger partial charge in [-0.3, -0.25) is 0 Å². The zero-order chi connectivity index (χ0) is 13.9. The lowest BCUT2D eigenvalue weighted by Crippen LogP contribution is -2.32. The second-order valence-corrected chi connectivity index (χ2v) is 6.03. The summed E-state index contributed by atoms with van der Waals surface area (Å²) in [6, 6.07) is 3.44. The third kappa shape index (κ3) is 2.63. The molecule has 2 aromatic rings. The van der Waals surface area contributed by atoms with E-state index in [9.17, 15) is 8.42 Å². The molecule has 0 aromatic carbocycles. The van der Waals surface area contributed by atoms with Crippen molar-refractivity contribution >= 4 is 21.1 Å². The van der Waals surface area contributed by atoms with Crippen LogP contribution in [0, 0.1) is 0 Å². The molecule has 0 aliphatic carbocycles. The normalized spacial score (nSPS) is 12.4. The van der Waals surface area contributed by atoms with Crippen molar-refractivity contribution in [1.82, 2.24) is 14.3 Å². The van der Waals surface area contributed by atoms with E-state index < -0.39 is 10.0 Å². The molecule has 2 N–H and O–H groups in total. The van der Waals surface area contributed by atoms with E-state index in [4.69, 9.17) is 5.11 Å². The van der Waals surface area contributed by atoms with Crippen molar-refractivity contribution in [2.45, 2.75) is 18.2 Å². The van der Waals surface area contributed by atoms with Crippen LogP contribution in [-0.4, -0.2) is 47.5 Å². The molecule has 19 heavy (non-hydrogen) atoms. The molecule has 2 rings (SSSR count). The molecular formula is C12H17N3O3S. The van der Waals surface area contributed by atoms with Gasteiger partial charge < -0.3 is 10.1 Å². The van der Waals surface area contributed by atoms with Gasteiger partial charge in [-0.05, 0) is 18.6 Å². The fraction of sp³-hybridized carbons (Fsp3) is 0.417. The Balaban J connectivity index is 2.43. The zero-order valence-electron chi connectivity index (χ0n) is 10.7. The monoisotopic (exact) mass is 283 g/mol. The smallest absolute Gasteiger partial charge is 0.245 e. The van der Waals surface area contributed by atoms with Gasteiger partial charge in [-0.2, -0.15) is 4.31 Å². The van der Waals surface area contributed by atoms with E-state index in [0.29, 0.717) is 30.5 Å². The largest absolute Gasteiger partial charge is 0.396 e. The number of rotatable bonds is 6. The summed E-state index contributed by atoms with van der Waals surface area (Å²) < 4.78 is 26.4. The van der Waals surface area contributed by atoms with Gasteiger partial charge >= 0.3 is 0 Å². The van der Waals surface area contributed by atoms with Crippen LogP contribution in [0.15, 0.2) is 29.4 Å². The Morgan fingerprint density at radius 2 is 2.26 bits per heavy atom. The van der Waals surface area contributed by atoms with Crippen LogP contribution < -0.4 is 0 Å². The first-order chi connectivity index (χ1) is 9.11. The Labute approximate surface area is 112 Å². The number of H-pyrrole nitrogens is 1. The van der Waals surface area contributed by atoms with E-state index in [1.54, 1.807) is 25.3 Å². The third-order valence-corrected chi connectivity index (χ3v) is 4.96. The predicted molar refractivity (Wildman–Crippen MR) is 72.2 cm³/mol. The number of nitrogens with zero attached hydrogens (tertiary/aromatic N) is 2. The van der Waals surface area contributed by atoms with Gasteiger partial charge in [-0.15, -0.1) is 0 Å². The highest BCUT2D eigenvalue weighted by atomic mass is 32.2. The Morgan fingerprint density at radius 3 is 2.95 bits per heavy atom. The third-order valence-electron chi connectivity index (χ3n) is 2.95. The minimum atomic E-state index is -3.56. The molecule has 0 bridgehead atoms. The van der Waals surface area contributed by atoms with Crippen LogP contribution in [0.1, 0.15) is 13.3 Å². The van der Waals surface area contributed by atoms with Crippen LogP contribution >= 0.6 is 0 Å². The van der Waals surface area contributed by atoms with E-state index >= 15 is 0 Å². The van der Waals surface area contributed by atoms with Crippen molar-refractivity contribution < 1.29 is 13.5 Å². The second-order valence-electron chi connectivity index (χ2n) is 4.13. The zero-order valence-corrected chi connectivity index (χ0v) is 11.5. The van der Waals surface area contributed by atoms with Crippen molar-refractivity contribution in [3.05, 3.63) is 24.5 Å². The molecule has 2 heterocycles. The molecule has 0 amide bonds. The maximum atomic E-state index is 12.5. The number of aromatic nitrogens is 2. The van der Waals surface area contributed by atoms with Crippen molar-refractivity contribution in [2.75, 3.05) is 19.7 Å². The molecule has 0 radical (unpaired) electrons. The van der Waals surface area contributed by atoms with Crippen LogP contribution in [-0.2, 0) is 10.0 Å². The minimum absolute atomic E-state index is 0.0263. The van der Waals surface area contributed by atoms with Crippen molar-refractivity contribution in [1.29, 1.82) is 0 Å². The van der Waals surface area contributed by atoms with Gasteiger partial charge in [0.2, 0.25) is 10.0 Å². The molecule has 6 nitrogen and oxygen atoms in total. The lowest BCUT2D eigenvalue weighted by atomic mass is 10.3. The first-order valence-electron chi connectivity index (χ1n) is 6.14. The summed E-state index contributed by atoms with van der Waals surface area (Å²) in [5.41, 5.74) is 0.555. The van der Waals surface area contributed by atoms with Crippen LogP contribution in [0.25, 0.3) is 11.0 Å². The Hall–Kier alpha value is -1.44. The van der Waals surface area contributed by atoms with Gasteiger partial charge in [-0.1, -0.05) is 6.92 Å². The van der Waals surface area contributed by atoms with Crippen LogP contribution in [0.2, 0.25) is 0 Å². The Bertz CT molecular complexity index is 651. The number of hydrogen-bond donors (Lipinski definition) is 2. The number of aliphatic hydroxyl groups is 1.